The molecule has 2 aromatic heterocycles. The van der Waals surface area contributed by atoms with E-state index in [1.165, 1.54) is 5.56 Å². The van der Waals surface area contributed by atoms with Crippen LogP contribution in [-0.4, -0.2) is 43.5 Å². The van der Waals surface area contributed by atoms with Crippen molar-refractivity contribution in [3.05, 3.63) is 29.7 Å². The molecule has 7 nitrogen and oxygen atoms in total. The van der Waals surface area contributed by atoms with Gasteiger partial charge >= 0.3 is 0 Å². The monoisotopic (exact) mass is 302 g/mol. The van der Waals surface area contributed by atoms with E-state index in [0.717, 1.165) is 30.9 Å². The van der Waals surface area contributed by atoms with Crippen molar-refractivity contribution in [1.29, 1.82) is 0 Å². The third kappa shape index (κ3) is 3.04. The van der Waals surface area contributed by atoms with E-state index in [4.69, 9.17) is 0 Å². The molecule has 0 bridgehead atoms. The number of anilines is 1. The Labute approximate surface area is 129 Å². The van der Waals surface area contributed by atoms with Gasteiger partial charge in [-0.15, -0.1) is 0 Å². The molecular formula is C15H22N6O. The fourth-order valence-electron chi connectivity index (χ4n) is 3.10. The van der Waals surface area contributed by atoms with E-state index < -0.39 is 0 Å². The summed E-state index contributed by atoms with van der Waals surface area (Å²) < 4.78 is 3.50. The molecular weight excluding hydrogens is 280 g/mol. The Morgan fingerprint density at radius 2 is 2.27 bits per heavy atom. The van der Waals surface area contributed by atoms with E-state index in [1.54, 1.807) is 4.68 Å². The summed E-state index contributed by atoms with van der Waals surface area (Å²) >= 11 is 0. The minimum atomic E-state index is -0.00112. The fraction of sp³-hybridized carbons (Fsp3) is 0.533. The molecule has 0 unspecified atom stereocenters. The Hall–Kier alpha value is -2.15. The summed E-state index contributed by atoms with van der Waals surface area (Å²) in [6, 6.07) is 2.16. The number of aromatic nitrogens is 4. The quantitative estimate of drug-likeness (QED) is 0.922. The number of nitrogens with zero attached hydrogens (tertiary/aromatic N) is 5. The molecule has 1 amide bonds. The maximum Gasteiger partial charge on any atom is 0.239 e. The van der Waals surface area contributed by atoms with Crippen molar-refractivity contribution in [2.75, 3.05) is 18.4 Å². The maximum atomic E-state index is 12.3. The van der Waals surface area contributed by atoms with Gasteiger partial charge in [0.1, 0.15) is 5.82 Å². The summed E-state index contributed by atoms with van der Waals surface area (Å²) in [4.78, 5) is 14.5. The van der Waals surface area contributed by atoms with E-state index in [2.05, 4.69) is 20.4 Å². The average Bonchev–Trinajstić information content (AvgIpc) is 3.12. The average molecular weight is 302 g/mol. The zero-order valence-electron chi connectivity index (χ0n) is 13.3. The van der Waals surface area contributed by atoms with Crippen LogP contribution in [0.2, 0.25) is 0 Å². The van der Waals surface area contributed by atoms with Crippen molar-refractivity contribution < 1.29 is 4.79 Å². The van der Waals surface area contributed by atoms with Crippen molar-refractivity contribution in [1.82, 2.24) is 24.5 Å². The van der Waals surface area contributed by atoms with Crippen LogP contribution in [-0.2, 0) is 18.9 Å². The van der Waals surface area contributed by atoms with Crippen molar-refractivity contribution >= 4 is 11.7 Å². The maximum absolute atomic E-state index is 12.3. The lowest BCUT2D eigenvalue weighted by Crippen LogP contribution is -2.33. The minimum Gasteiger partial charge on any atom is -0.310 e. The van der Waals surface area contributed by atoms with Gasteiger partial charge in [-0.05, 0) is 26.3 Å². The van der Waals surface area contributed by atoms with Crippen LogP contribution in [0, 0.1) is 6.92 Å². The minimum absolute atomic E-state index is 0.00112. The second kappa shape index (κ2) is 5.92. The molecule has 7 heteroatoms. The highest BCUT2D eigenvalue weighted by molar-refractivity contribution is 5.91. The molecule has 2 aromatic rings. The number of carbonyl (C=O) groups is 1. The molecule has 0 radical (unpaired) electrons. The van der Waals surface area contributed by atoms with Gasteiger partial charge in [0, 0.05) is 38.0 Å². The van der Waals surface area contributed by atoms with Crippen LogP contribution in [0.4, 0.5) is 5.82 Å². The summed E-state index contributed by atoms with van der Waals surface area (Å²) in [6.45, 7) is 3.25. The van der Waals surface area contributed by atoms with Crippen LogP contribution in [0.15, 0.2) is 18.5 Å². The van der Waals surface area contributed by atoms with Crippen molar-refractivity contribution in [2.45, 2.75) is 25.8 Å². The predicted molar refractivity (Wildman–Crippen MR) is 83.3 cm³/mol. The summed E-state index contributed by atoms with van der Waals surface area (Å²) in [5.74, 6) is 0.735. The highest BCUT2D eigenvalue weighted by Gasteiger charge is 2.28. The highest BCUT2D eigenvalue weighted by Crippen LogP contribution is 2.31. The number of aryl methyl sites for hydroxylation is 3. The second-order valence-electron chi connectivity index (χ2n) is 5.92. The zero-order valence-corrected chi connectivity index (χ0v) is 13.3. The molecule has 1 aliphatic heterocycles. The van der Waals surface area contributed by atoms with Crippen molar-refractivity contribution in [2.24, 2.45) is 14.1 Å². The number of hydrogen-bond donors (Lipinski definition) is 1. The molecule has 0 spiro atoms. The Morgan fingerprint density at radius 1 is 1.45 bits per heavy atom. The molecule has 0 aromatic carbocycles. The molecule has 118 valence electrons. The van der Waals surface area contributed by atoms with Gasteiger partial charge in [-0.1, -0.05) is 0 Å². The number of likely N-dealkylation sites (tertiary alicyclic amines) is 1. The normalized spacial score (nSPS) is 18.8. The molecule has 3 heterocycles. The standard InChI is InChI=1S/C15H22N6O/c1-11-7-14(20(3)18-11)17-15(22)10-21-6-4-5-13(21)12-8-16-19(2)9-12/h7-9,13H,4-6,10H2,1-3H3,(H,17,22)/t13-/m1/s1. The molecule has 1 saturated heterocycles. The lowest BCUT2D eigenvalue weighted by Gasteiger charge is -2.22. The van der Waals surface area contributed by atoms with Gasteiger partial charge in [-0.25, -0.2) is 0 Å². The summed E-state index contributed by atoms with van der Waals surface area (Å²) in [5, 5.41) is 11.4. The number of nitrogens with one attached hydrogen (secondary N) is 1. The molecule has 0 saturated carbocycles. The van der Waals surface area contributed by atoms with Gasteiger partial charge < -0.3 is 5.32 Å². The van der Waals surface area contributed by atoms with Crippen LogP contribution in [0.5, 0.6) is 0 Å². The molecule has 22 heavy (non-hydrogen) atoms. The summed E-state index contributed by atoms with van der Waals surface area (Å²) in [7, 11) is 3.75. The van der Waals surface area contributed by atoms with Crippen LogP contribution < -0.4 is 5.32 Å². The number of carbonyl (C=O) groups excluding carboxylic acids is 1. The summed E-state index contributed by atoms with van der Waals surface area (Å²) in [6.07, 6.45) is 6.11. The van der Waals surface area contributed by atoms with E-state index in [1.807, 2.05) is 44.2 Å². The van der Waals surface area contributed by atoms with Gasteiger partial charge in [0.15, 0.2) is 0 Å². The molecule has 1 aliphatic rings. The lowest BCUT2D eigenvalue weighted by atomic mass is 10.1. The number of rotatable bonds is 4. The molecule has 3 rings (SSSR count). The smallest absolute Gasteiger partial charge is 0.239 e. The van der Waals surface area contributed by atoms with Crippen LogP contribution in [0.1, 0.15) is 30.1 Å². The SMILES string of the molecule is Cc1cc(NC(=O)CN2CCC[C@@H]2c2cnn(C)c2)n(C)n1. The Balaban J connectivity index is 1.64. The lowest BCUT2D eigenvalue weighted by molar-refractivity contribution is -0.117. The summed E-state index contributed by atoms with van der Waals surface area (Å²) in [5.41, 5.74) is 2.08. The first-order valence-electron chi connectivity index (χ1n) is 7.56. The fourth-order valence-corrected chi connectivity index (χ4v) is 3.10. The zero-order chi connectivity index (χ0) is 15.7. The van der Waals surface area contributed by atoms with Crippen molar-refractivity contribution in [3.63, 3.8) is 0 Å². The predicted octanol–water partition coefficient (Wildman–Crippen LogP) is 1.24. The first kappa shape index (κ1) is 14.8. The van der Waals surface area contributed by atoms with E-state index in [-0.39, 0.29) is 11.9 Å². The Kier molecular flexibility index (Phi) is 3.98. The number of amides is 1. The first-order chi connectivity index (χ1) is 10.5. The third-order valence-corrected chi connectivity index (χ3v) is 4.09. The van der Waals surface area contributed by atoms with Gasteiger partial charge in [-0.3, -0.25) is 19.1 Å². The van der Waals surface area contributed by atoms with Crippen LogP contribution in [0.3, 0.4) is 0 Å². The third-order valence-electron chi connectivity index (χ3n) is 4.09. The van der Waals surface area contributed by atoms with Crippen LogP contribution in [0.25, 0.3) is 0 Å². The largest absolute Gasteiger partial charge is 0.310 e. The molecule has 1 fully saturated rings. The van der Waals surface area contributed by atoms with Gasteiger partial charge in [-0.2, -0.15) is 10.2 Å². The van der Waals surface area contributed by atoms with Gasteiger partial charge in [0.2, 0.25) is 5.91 Å². The van der Waals surface area contributed by atoms with Crippen molar-refractivity contribution in [3.8, 4) is 0 Å². The number of hydrogen-bond acceptors (Lipinski definition) is 4. The van der Waals surface area contributed by atoms with Crippen LogP contribution >= 0.6 is 0 Å². The van der Waals surface area contributed by atoms with E-state index in [0.29, 0.717) is 6.54 Å². The van der Waals surface area contributed by atoms with Gasteiger partial charge in [0.05, 0.1) is 18.4 Å². The molecule has 0 aliphatic carbocycles. The Bertz CT molecular complexity index is 673. The molecule has 1 N–H and O–H groups in total. The second-order valence-corrected chi connectivity index (χ2v) is 5.92. The first-order valence-corrected chi connectivity index (χ1v) is 7.56. The Morgan fingerprint density at radius 3 is 2.91 bits per heavy atom. The molecule has 1 atom stereocenters. The highest BCUT2D eigenvalue weighted by atomic mass is 16.2. The topological polar surface area (TPSA) is 68.0 Å². The van der Waals surface area contributed by atoms with E-state index >= 15 is 0 Å². The van der Waals surface area contributed by atoms with Gasteiger partial charge in [0.25, 0.3) is 0 Å². The van der Waals surface area contributed by atoms with E-state index in [9.17, 15) is 4.79 Å².